The molecular weight excluding hydrogens is 200 g/mol. The van der Waals surface area contributed by atoms with E-state index in [2.05, 4.69) is 10.3 Å². The highest BCUT2D eigenvalue weighted by atomic mass is 16.1. The number of nitrogens with zero attached hydrogens (tertiary/aromatic N) is 1. The molecule has 1 aromatic carbocycles. The number of aromatic nitrogens is 1. The SMILES string of the molecule is Cc1cccc(NC(=O)c2ccccc2)n1. The van der Waals surface area contributed by atoms with Crippen molar-refractivity contribution in [2.24, 2.45) is 0 Å². The molecule has 0 spiro atoms. The predicted octanol–water partition coefficient (Wildman–Crippen LogP) is 2.64. The minimum absolute atomic E-state index is 0.140. The molecule has 2 aromatic rings. The van der Waals surface area contributed by atoms with Gasteiger partial charge in [0.1, 0.15) is 5.82 Å². The molecule has 0 saturated heterocycles. The molecule has 0 unspecified atom stereocenters. The van der Waals surface area contributed by atoms with Crippen LogP contribution in [0, 0.1) is 6.92 Å². The molecule has 0 atom stereocenters. The second-order valence-electron chi connectivity index (χ2n) is 3.48. The maximum atomic E-state index is 11.8. The van der Waals surface area contributed by atoms with Gasteiger partial charge in [0, 0.05) is 11.3 Å². The summed E-state index contributed by atoms with van der Waals surface area (Å²) in [4.78, 5) is 16.0. The zero-order valence-electron chi connectivity index (χ0n) is 8.97. The van der Waals surface area contributed by atoms with Gasteiger partial charge in [-0.1, -0.05) is 24.3 Å². The van der Waals surface area contributed by atoms with Crippen LogP contribution in [-0.4, -0.2) is 10.9 Å². The molecular formula is C13H12N2O. The second kappa shape index (κ2) is 4.57. The van der Waals surface area contributed by atoms with Crippen molar-refractivity contribution in [1.82, 2.24) is 4.98 Å². The Morgan fingerprint density at radius 1 is 1.06 bits per heavy atom. The fourth-order valence-electron chi connectivity index (χ4n) is 1.39. The fourth-order valence-corrected chi connectivity index (χ4v) is 1.39. The predicted molar refractivity (Wildman–Crippen MR) is 63.4 cm³/mol. The monoisotopic (exact) mass is 212 g/mol. The summed E-state index contributed by atoms with van der Waals surface area (Å²) in [5.74, 6) is 0.438. The van der Waals surface area contributed by atoms with Crippen LogP contribution < -0.4 is 5.32 Å². The van der Waals surface area contributed by atoms with Gasteiger partial charge < -0.3 is 5.32 Å². The highest BCUT2D eigenvalue weighted by Gasteiger charge is 2.05. The van der Waals surface area contributed by atoms with E-state index in [4.69, 9.17) is 0 Å². The molecule has 80 valence electrons. The highest BCUT2D eigenvalue weighted by Crippen LogP contribution is 2.07. The Morgan fingerprint density at radius 2 is 1.81 bits per heavy atom. The third-order valence-corrected chi connectivity index (χ3v) is 2.17. The molecule has 3 nitrogen and oxygen atoms in total. The lowest BCUT2D eigenvalue weighted by molar-refractivity contribution is 0.102. The summed E-state index contributed by atoms with van der Waals surface area (Å²) in [6.07, 6.45) is 0. The van der Waals surface area contributed by atoms with Gasteiger partial charge in [0.15, 0.2) is 0 Å². The molecule has 1 amide bonds. The Bertz CT molecular complexity index is 494. The first-order chi connectivity index (χ1) is 7.75. The number of rotatable bonds is 2. The minimum atomic E-state index is -0.140. The summed E-state index contributed by atoms with van der Waals surface area (Å²) in [5.41, 5.74) is 1.51. The Hall–Kier alpha value is -2.16. The van der Waals surface area contributed by atoms with Gasteiger partial charge >= 0.3 is 0 Å². The first-order valence-corrected chi connectivity index (χ1v) is 5.06. The van der Waals surface area contributed by atoms with Crippen molar-refractivity contribution >= 4 is 11.7 Å². The van der Waals surface area contributed by atoms with Crippen LogP contribution in [0.15, 0.2) is 48.5 Å². The number of pyridine rings is 1. The number of anilines is 1. The van der Waals surface area contributed by atoms with Crippen LogP contribution in [0.25, 0.3) is 0 Å². The largest absolute Gasteiger partial charge is 0.307 e. The van der Waals surface area contributed by atoms with E-state index in [9.17, 15) is 4.79 Å². The summed E-state index contributed by atoms with van der Waals surface area (Å²) in [5, 5.41) is 2.75. The van der Waals surface area contributed by atoms with Gasteiger partial charge in [0.25, 0.3) is 5.91 Å². The fraction of sp³-hybridized carbons (Fsp3) is 0.0769. The quantitative estimate of drug-likeness (QED) is 0.831. The smallest absolute Gasteiger partial charge is 0.256 e. The van der Waals surface area contributed by atoms with Gasteiger partial charge in [-0.05, 0) is 31.2 Å². The highest BCUT2D eigenvalue weighted by molar-refractivity contribution is 6.03. The van der Waals surface area contributed by atoms with Crippen LogP contribution in [0.4, 0.5) is 5.82 Å². The van der Waals surface area contributed by atoms with Crippen LogP contribution in [0.5, 0.6) is 0 Å². The van der Waals surface area contributed by atoms with Crippen LogP contribution in [0.3, 0.4) is 0 Å². The standard InChI is InChI=1S/C13H12N2O/c1-10-6-5-9-12(14-10)15-13(16)11-7-3-2-4-8-11/h2-9H,1H3,(H,14,15,16). The maximum absolute atomic E-state index is 11.8. The molecule has 1 heterocycles. The number of carbonyl (C=O) groups excluding carboxylic acids is 1. The Morgan fingerprint density at radius 3 is 2.50 bits per heavy atom. The van der Waals surface area contributed by atoms with E-state index in [0.717, 1.165) is 5.69 Å². The van der Waals surface area contributed by atoms with E-state index in [1.165, 1.54) is 0 Å². The second-order valence-corrected chi connectivity index (χ2v) is 3.48. The van der Waals surface area contributed by atoms with Crippen molar-refractivity contribution in [3.63, 3.8) is 0 Å². The molecule has 0 bridgehead atoms. The number of hydrogen-bond donors (Lipinski definition) is 1. The summed E-state index contributed by atoms with van der Waals surface area (Å²) >= 11 is 0. The number of nitrogens with one attached hydrogen (secondary N) is 1. The molecule has 16 heavy (non-hydrogen) atoms. The molecule has 0 saturated carbocycles. The minimum Gasteiger partial charge on any atom is -0.307 e. The number of amides is 1. The summed E-state index contributed by atoms with van der Waals surface area (Å²) in [6, 6.07) is 14.6. The van der Waals surface area contributed by atoms with Crippen LogP contribution in [0.1, 0.15) is 16.1 Å². The van der Waals surface area contributed by atoms with Gasteiger partial charge in [0.2, 0.25) is 0 Å². The van der Waals surface area contributed by atoms with E-state index in [-0.39, 0.29) is 5.91 Å². The first-order valence-electron chi connectivity index (χ1n) is 5.06. The average molecular weight is 212 g/mol. The lowest BCUT2D eigenvalue weighted by Gasteiger charge is -2.04. The normalized spacial score (nSPS) is 9.81. The molecule has 0 fully saturated rings. The lowest BCUT2D eigenvalue weighted by atomic mass is 10.2. The zero-order chi connectivity index (χ0) is 11.4. The Kier molecular flexibility index (Phi) is 2.96. The molecule has 0 aliphatic rings. The number of aryl methyl sites for hydroxylation is 1. The van der Waals surface area contributed by atoms with E-state index in [1.54, 1.807) is 18.2 Å². The van der Waals surface area contributed by atoms with Gasteiger partial charge in [0.05, 0.1) is 0 Å². The van der Waals surface area contributed by atoms with Gasteiger partial charge in [-0.3, -0.25) is 4.79 Å². The van der Waals surface area contributed by atoms with Crippen LogP contribution in [0.2, 0.25) is 0 Å². The molecule has 0 aliphatic heterocycles. The van der Waals surface area contributed by atoms with Crippen LogP contribution >= 0.6 is 0 Å². The van der Waals surface area contributed by atoms with Crippen molar-refractivity contribution in [3.8, 4) is 0 Å². The molecule has 2 rings (SSSR count). The van der Waals surface area contributed by atoms with E-state index >= 15 is 0 Å². The van der Waals surface area contributed by atoms with Crippen molar-refractivity contribution in [2.45, 2.75) is 6.92 Å². The Labute approximate surface area is 94.1 Å². The average Bonchev–Trinajstić information content (AvgIpc) is 2.30. The number of hydrogen-bond acceptors (Lipinski definition) is 2. The number of carbonyl (C=O) groups is 1. The van der Waals surface area contributed by atoms with Crippen molar-refractivity contribution < 1.29 is 4.79 Å². The van der Waals surface area contributed by atoms with Gasteiger partial charge in [-0.2, -0.15) is 0 Å². The van der Waals surface area contributed by atoms with Crippen LogP contribution in [-0.2, 0) is 0 Å². The summed E-state index contributed by atoms with van der Waals surface area (Å²) in [7, 11) is 0. The van der Waals surface area contributed by atoms with Gasteiger partial charge in [-0.15, -0.1) is 0 Å². The first kappa shape index (κ1) is 10.4. The summed E-state index contributed by atoms with van der Waals surface area (Å²) < 4.78 is 0. The lowest BCUT2D eigenvalue weighted by Crippen LogP contribution is -2.12. The van der Waals surface area contributed by atoms with E-state index in [1.807, 2.05) is 37.3 Å². The molecule has 0 aliphatic carbocycles. The van der Waals surface area contributed by atoms with E-state index in [0.29, 0.717) is 11.4 Å². The van der Waals surface area contributed by atoms with Crippen molar-refractivity contribution in [3.05, 3.63) is 59.8 Å². The molecule has 0 radical (unpaired) electrons. The molecule has 1 N–H and O–H groups in total. The molecule has 3 heteroatoms. The topological polar surface area (TPSA) is 42.0 Å². The number of benzene rings is 1. The van der Waals surface area contributed by atoms with Crippen molar-refractivity contribution in [2.75, 3.05) is 5.32 Å². The molecule has 1 aromatic heterocycles. The zero-order valence-corrected chi connectivity index (χ0v) is 8.97. The van der Waals surface area contributed by atoms with Gasteiger partial charge in [-0.25, -0.2) is 4.98 Å². The Balaban J connectivity index is 2.14. The van der Waals surface area contributed by atoms with Crippen molar-refractivity contribution in [1.29, 1.82) is 0 Å². The maximum Gasteiger partial charge on any atom is 0.256 e. The third kappa shape index (κ3) is 2.45. The third-order valence-electron chi connectivity index (χ3n) is 2.17. The van der Waals surface area contributed by atoms with E-state index < -0.39 is 0 Å². The summed E-state index contributed by atoms with van der Waals surface area (Å²) in [6.45, 7) is 1.89.